The van der Waals surface area contributed by atoms with Crippen LogP contribution >= 0.6 is 0 Å². The van der Waals surface area contributed by atoms with Crippen molar-refractivity contribution in [3.63, 3.8) is 0 Å². The molecule has 0 fully saturated rings. The Morgan fingerprint density at radius 3 is 3.00 bits per heavy atom. The Morgan fingerprint density at radius 2 is 2.25 bits per heavy atom. The molecule has 0 aliphatic carbocycles. The summed E-state index contributed by atoms with van der Waals surface area (Å²) in [5.74, 6) is 0.891. The minimum absolute atomic E-state index is 0.0376. The van der Waals surface area contributed by atoms with E-state index in [-0.39, 0.29) is 11.8 Å². The Labute approximate surface area is 118 Å². The lowest BCUT2D eigenvalue weighted by molar-refractivity contribution is -0.121. The number of hydrogen-bond acceptors (Lipinski definition) is 3. The number of hydrazone groups is 1. The van der Waals surface area contributed by atoms with Gasteiger partial charge in [-0.3, -0.25) is 4.79 Å². The van der Waals surface area contributed by atoms with Crippen LogP contribution in [0.1, 0.15) is 18.9 Å². The van der Waals surface area contributed by atoms with Crippen LogP contribution in [0, 0.1) is 5.92 Å². The van der Waals surface area contributed by atoms with Crippen LogP contribution in [0.3, 0.4) is 0 Å². The molecule has 0 aromatic heterocycles. The van der Waals surface area contributed by atoms with Crippen molar-refractivity contribution >= 4 is 17.7 Å². The van der Waals surface area contributed by atoms with Crippen LogP contribution in [0.4, 0.5) is 0 Å². The Bertz CT molecular complexity index is 561. The highest BCUT2D eigenvalue weighted by molar-refractivity contribution is 6.03. The van der Waals surface area contributed by atoms with E-state index in [9.17, 15) is 4.79 Å². The topological polar surface area (TPSA) is 50.7 Å². The van der Waals surface area contributed by atoms with E-state index in [4.69, 9.17) is 4.74 Å². The molecule has 1 aromatic rings. The van der Waals surface area contributed by atoms with E-state index in [1.807, 2.05) is 43.3 Å². The highest BCUT2D eigenvalue weighted by atomic mass is 16.5. The van der Waals surface area contributed by atoms with Gasteiger partial charge in [0.1, 0.15) is 12.4 Å². The normalized spacial score (nSPS) is 18.6. The highest BCUT2D eigenvalue weighted by Gasteiger charge is 2.17. The maximum absolute atomic E-state index is 11.2. The molecule has 4 nitrogen and oxygen atoms in total. The molecule has 4 heteroatoms. The summed E-state index contributed by atoms with van der Waals surface area (Å²) < 4.78 is 5.59. The summed E-state index contributed by atoms with van der Waals surface area (Å²) in [6.07, 6.45) is 6.05. The van der Waals surface area contributed by atoms with Gasteiger partial charge in [-0.15, -0.1) is 0 Å². The standard InChI is InChI=1S/C16H18N2O2/c1-3-10-20-15-7-5-4-6-13(15)8-9-14-12(2)11-16(19)18-17-14/h3-9,12H,1,10-11H2,2H3,(H,18,19). The largest absolute Gasteiger partial charge is 0.489 e. The molecule has 0 radical (unpaired) electrons. The molecule has 1 amide bonds. The number of allylic oxidation sites excluding steroid dienone is 1. The summed E-state index contributed by atoms with van der Waals surface area (Å²) in [6, 6.07) is 7.77. The SMILES string of the molecule is C=CCOc1ccccc1C=CC1=NNC(=O)CC1C. The number of hydrogen-bond donors (Lipinski definition) is 1. The number of nitrogens with one attached hydrogen (secondary N) is 1. The molecule has 1 aromatic carbocycles. The number of para-hydroxylation sites is 1. The van der Waals surface area contributed by atoms with E-state index in [1.54, 1.807) is 6.08 Å². The molecule has 1 aliphatic heterocycles. The Morgan fingerprint density at radius 1 is 1.45 bits per heavy atom. The molecule has 0 bridgehead atoms. The van der Waals surface area contributed by atoms with Crippen molar-refractivity contribution in [1.82, 2.24) is 5.43 Å². The smallest absolute Gasteiger partial charge is 0.240 e. The minimum Gasteiger partial charge on any atom is -0.489 e. The van der Waals surface area contributed by atoms with Crippen molar-refractivity contribution in [3.05, 3.63) is 48.6 Å². The lowest BCUT2D eigenvalue weighted by Crippen LogP contribution is -2.30. The van der Waals surface area contributed by atoms with Gasteiger partial charge < -0.3 is 4.74 Å². The average Bonchev–Trinajstić information content (AvgIpc) is 2.45. The maximum Gasteiger partial charge on any atom is 0.240 e. The first-order valence-corrected chi connectivity index (χ1v) is 6.58. The predicted octanol–water partition coefficient (Wildman–Crippen LogP) is 2.78. The second-order valence-corrected chi connectivity index (χ2v) is 4.65. The van der Waals surface area contributed by atoms with E-state index in [2.05, 4.69) is 17.1 Å². The van der Waals surface area contributed by atoms with Gasteiger partial charge in [0.2, 0.25) is 5.91 Å². The fourth-order valence-electron chi connectivity index (χ4n) is 1.94. The Hall–Kier alpha value is -2.36. The predicted molar refractivity (Wildman–Crippen MR) is 80.5 cm³/mol. The highest BCUT2D eigenvalue weighted by Crippen LogP contribution is 2.20. The fourth-order valence-corrected chi connectivity index (χ4v) is 1.94. The molecule has 0 spiro atoms. The van der Waals surface area contributed by atoms with E-state index in [1.165, 1.54) is 0 Å². The molecular weight excluding hydrogens is 252 g/mol. The van der Waals surface area contributed by atoms with Crippen LogP contribution in [0.5, 0.6) is 5.75 Å². The van der Waals surface area contributed by atoms with Crippen LogP contribution in [0.25, 0.3) is 6.08 Å². The van der Waals surface area contributed by atoms with Gasteiger partial charge in [0.05, 0.1) is 5.71 Å². The molecule has 1 unspecified atom stereocenters. The number of benzene rings is 1. The zero-order valence-electron chi connectivity index (χ0n) is 11.5. The van der Waals surface area contributed by atoms with Crippen LogP contribution < -0.4 is 10.2 Å². The van der Waals surface area contributed by atoms with Crippen molar-refractivity contribution < 1.29 is 9.53 Å². The second kappa shape index (κ2) is 6.70. The van der Waals surface area contributed by atoms with Crippen LogP contribution in [0.15, 0.2) is 48.1 Å². The Balaban J connectivity index is 2.15. The third-order valence-electron chi connectivity index (χ3n) is 3.02. The van der Waals surface area contributed by atoms with Crippen molar-refractivity contribution in [2.24, 2.45) is 11.0 Å². The third-order valence-corrected chi connectivity index (χ3v) is 3.02. The van der Waals surface area contributed by atoms with Crippen molar-refractivity contribution in [3.8, 4) is 5.75 Å². The lowest BCUT2D eigenvalue weighted by atomic mass is 9.99. The van der Waals surface area contributed by atoms with Crippen molar-refractivity contribution in [2.45, 2.75) is 13.3 Å². The van der Waals surface area contributed by atoms with Gasteiger partial charge in [0.15, 0.2) is 0 Å². The Kier molecular flexibility index (Phi) is 4.71. The van der Waals surface area contributed by atoms with Crippen LogP contribution in [0.2, 0.25) is 0 Å². The quantitative estimate of drug-likeness (QED) is 0.836. The number of amides is 1. The number of ether oxygens (including phenoxy) is 1. The molecular formula is C16H18N2O2. The molecule has 0 saturated carbocycles. The number of carbonyl (C=O) groups excluding carboxylic acids is 1. The zero-order valence-corrected chi connectivity index (χ0v) is 11.5. The van der Waals surface area contributed by atoms with Crippen LogP contribution in [-0.4, -0.2) is 18.2 Å². The summed E-state index contributed by atoms with van der Waals surface area (Å²) in [5, 5.41) is 4.07. The summed E-state index contributed by atoms with van der Waals surface area (Å²) in [7, 11) is 0. The van der Waals surface area contributed by atoms with Crippen molar-refractivity contribution in [2.75, 3.05) is 6.61 Å². The second-order valence-electron chi connectivity index (χ2n) is 4.65. The minimum atomic E-state index is -0.0376. The number of carbonyl (C=O) groups is 1. The molecule has 2 rings (SSSR count). The van der Waals surface area contributed by atoms with Gasteiger partial charge in [-0.2, -0.15) is 5.10 Å². The van der Waals surface area contributed by atoms with Gasteiger partial charge in [-0.25, -0.2) is 5.43 Å². The molecule has 20 heavy (non-hydrogen) atoms. The van der Waals surface area contributed by atoms with Gasteiger partial charge >= 0.3 is 0 Å². The summed E-state index contributed by atoms with van der Waals surface area (Å²) in [4.78, 5) is 11.2. The molecule has 1 aliphatic rings. The third kappa shape index (κ3) is 3.57. The molecule has 0 saturated heterocycles. The first kappa shape index (κ1) is 14.1. The first-order chi connectivity index (χ1) is 9.70. The molecule has 1 N–H and O–H groups in total. The summed E-state index contributed by atoms with van der Waals surface area (Å²) >= 11 is 0. The maximum atomic E-state index is 11.2. The van der Waals surface area contributed by atoms with Gasteiger partial charge in [-0.05, 0) is 18.2 Å². The van der Waals surface area contributed by atoms with Gasteiger partial charge in [0.25, 0.3) is 0 Å². The van der Waals surface area contributed by atoms with Crippen LogP contribution in [-0.2, 0) is 4.79 Å². The number of nitrogens with zero attached hydrogens (tertiary/aromatic N) is 1. The van der Waals surface area contributed by atoms with E-state index in [0.29, 0.717) is 13.0 Å². The lowest BCUT2D eigenvalue weighted by Gasteiger charge is -2.16. The van der Waals surface area contributed by atoms with Gasteiger partial charge in [-0.1, -0.05) is 37.8 Å². The first-order valence-electron chi connectivity index (χ1n) is 6.58. The van der Waals surface area contributed by atoms with E-state index in [0.717, 1.165) is 17.0 Å². The summed E-state index contributed by atoms with van der Waals surface area (Å²) in [5.41, 5.74) is 4.34. The number of rotatable bonds is 5. The monoisotopic (exact) mass is 270 g/mol. The molecule has 1 atom stereocenters. The molecule has 1 heterocycles. The van der Waals surface area contributed by atoms with Gasteiger partial charge in [0, 0.05) is 17.9 Å². The van der Waals surface area contributed by atoms with E-state index >= 15 is 0 Å². The van der Waals surface area contributed by atoms with Crippen molar-refractivity contribution in [1.29, 1.82) is 0 Å². The fraction of sp³-hybridized carbons (Fsp3) is 0.250. The summed E-state index contributed by atoms with van der Waals surface area (Å²) in [6.45, 7) is 6.10. The zero-order chi connectivity index (χ0) is 14.4. The average molecular weight is 270 g/mol. The molecule has 104 valence electrons. The van der Waals surface area contributed by atoms with E-state index < -0.39 is 0 Å².